The van der Waals surface area contributed by atoms with Gasteiger partial charge in [-0.05, 0) is 38.3 Å². The maximum absolute atomic E-state index is 13.4. The lowest BCUT2D eigenvalue weighted by atomic mass is 9.95. The van der Waals surface area contributed by atoms with Crippen molar-refractivity contribution in [3.8, 4) is 0 Å². The average Bonchev–Trinajstić information content (AvgIpc) is 3.28. The first kappa shape index (κ1) is 23.0. The van der Waals surface area contributed by atoms with Gasteiger partial charge in [0.2, 0.25) is 5.91 Å². The SMILES string of the molecule is COCCCNC(=O)C1CCCN(c2cccc3c2C(=O)N(Cc2cnn(C)c2C)C3=O)C1. The van der Waals surface area contributed by atoms with E-state index in [4.69, 9.17) is 4.74 Å². The predicted octanol–water partition coefficient (Wildman–Crippen LogP) is 1.89. The fourth-order valence-corrected chi connectivity index (χ4v) is 4.57. The molecule has 0 spiro atoms. The minimum Gasteiger partial charge on any atom is -0.385 e. The Morgan fingerprint density at radius 1 is 1.27 bits per heavy atom. The van der Waals surface area contributed by atoms with E-state index in [0.29, 0.717) is 30.8 Å². The fourth-order valence-electron chi connectivity index (χ4n) is 4.57. The molecular formula is C24H31N5O4. The Morgan fingerprint density at radius 3 is 2.82 bits per heavy atom. The molecule has 1 aromatic heterocycles. The van der Waals surface area contributed by atoms with Crippen LogP contribution < -0.4 is 10.2 Å². The molecule has 1 N–H and O–H groups in total. The van der Waals surface area contributed by atoms with Gasteiger partial charge in [0.1, 0.15) is 0 Å². The molecule has 1 fully saturated rings. The van der Waals surface area contributed by atoms with E-state index in [2.05, 4.69) is 15.3 Å². The minimum atomic E-state index is -0.292. The highest BCUT2D eigenvalue weighted by Gasteiger charge is 2.39. The summed E-state index contributed by atoms with van der Waals surface area (Å²) in [6.45, 7) is 4.57. The standard InChI is InChI=1S/C24H31N5O4/c1-16-18(13-26-27(16)2)15-29-23(31)19-8-4-9-20(21(19)24(29)32)28-11-5-7-17(14-28)22(30)25-10-6-12-33-3/h4,8-9,13,17H,5-7,10-12,14-15H2,1-3H3,(H,25,30). The number of piperidine rings is 1. The number of ether oxygens (including phenoxy) is 1. The first-order chi connectivity index (χ1) is 15.9. The summed E-state index contributed by atoms with van der Waals surface area (Å²) in [5, 5.41) is 7.21. The van der Waals surface area contributed by atoms with Crippen LogP contribution in [0.4, 0.5) is 5.69 Å². The number of hydrogen-bond donors (Lipinski definition) is 1. The third-order valence-electron chi connectivity index (χ3n) is 6.60. The number of nitrogens with zero attached hydrogens (tertiary/aromatic N) is 4. The molecule has 0 radical (unpaired) electrons. The zero-order valence-electron chi connectivity index (χ0n) is 19.5. The number of amides is 3. The Morgan fingerprint density at radius 2 is 2.09 bits per heavy atom. The molecule has 2 aromatic rings. The van der Waals surface area contributed by atoms with Crippen molar-refractivity contribution in [1.82, 2.24) is 20.0 Å². The molecule has 0 saturated carbocycles. The zero-order chi connectivity index (χ0) is 23.5. The molecule has 0 bridgehead atoms. The van der Waals surface area contributed by atoms with E-state index in [-0.39, 0.29) is 30.2 Å². The van der Waals surface area contributed by atoms with Crippen molar-refractivity contribution in [3.63, 3.8) is 0 Å². The summed E-state index contributed by atoms with van der Waals surface area (Å²) in [6, 6.07) is 5.40. The molecule has 33 heavy (non-hydrogen) atoms. The van der Waals surface area contributed by atoms with Gasteiger partial charge < -0.3 is 15.0 Å². The number of benzene rings is 1. The van der Waals surface area contributed by atoms with Crippen molar-refractivity contribution in [2.24, 2.45) is 13.0 Å². The maximum atomic E-state index is 13.4. The van der Waals surface area contributed by atoms with Crippen molar-refractivity contribution < 1.29 is 19.1 Å². The van der Waals surface area contributed by atoms with Crippen LogP contribution in [0.2, 0.25) is 0 Å². The van der Waals surface area contributed by atoms with Crippen LogP contribution >= 0.6 is 0 Å². The van der Waals surface area contributed by atoms with E-state index in [9.17, 15) is 14.4 Å². The van der Waals surface area contributed by atoms with E-state index in [0.717, 1.165) is 42.8 Å². The van der Waals surface area contributed by atoms with Crippen molar-refractivity contribution >= 4 is 23.4 Å². The van der Waals surface area contributed by atoms with Crippen LogP contribution in [-0.2, 0) is 23.1 Å². The smallest absolute Gasteiger partial charge is 0.263 e. The average molecular weight is 454 g/mol. The Labute approximate surface area is 193 Å². The predicted molar refractivity (Wildman–Crippen MR) is 123 cm³/mol. The van der Waals surface area contributed by atoms with Gasteiger partial charge >= 0.3 is 0 Å². The third kappa shape index (κ3) is 4.50. The molecule has 1 aromatic carbocycles. The van der Waals surface area contributed by atoms with Gasteiger partial charge in [-0.15, -0.1) is 0 Å². The monoisotopic (exact) mass is 453 g/mol. The van der Waals surface area contributed by atoms with E-state index in [1.165, 1.54) is 4.90 Å². The number of carbonyl (C=O) groups is 3. The normalized spacial score (nSPS) is 18.1. The van der Waals surface area contributed by atoms with Crippen LogP contribution in [-0.4, -0.2) is 65.8 Å². The van der Waals surface area contributed by atoms with Gasteiger partial charge in [-0.2, -0.15) is 5.10 Å². The number of imide groups is 1. The minimum absolute atomic E-state index is 0.0273. The topological polar surface area (TPSA) is 96.8 Å². The Hall–Kier alpha value is -3.20. The number of nitrogens with one attached hydrogen (secondary N) is 1. The summed E-state index contributed by atoms with van der Waals surface area (Å²) < 4.78 is 6.76. The van der Waals surface area contributed by atoms with E-state index in [1.54, 1.807) is 24.1 Å². The van der Waals surface area contributed by atoms with Gasteiger partial charge in [0.15, 0.2) is 0 Å². The van der Waals surface area contributed by atoms with E-state index in [1.807, 2.05) is 26.1 Å². The number of anilines is 1. The van der Waals surface area contributed by atoms with Gasteiger partial charge in [0, 0.05) is 51.7 Å². The largest absolute Gasteiger partial charge is 0.385 e. The number of hydrogen-bond acceptors (Lipinski definition) is 6. The van der Waals surface area contributed by atoms with Crippen molar-refractivity contribution in [2.45, 2.75) is 32.7 Å². The molecular weight excluding hydrogens is 422 g/mol. The fraction of sp³-hybridized carbons (Fsp3) is 0.500. The first-order valence-corrected chi connectivity index (χ1v) is 11.4. The van der Waals surface area contributed by atoms with Crippen LogP contribution in [0.3, 0.4) is 0 Å². The first-order valence-electron chi connectivity index (χ1n) is 11.4. The molecule has 1 saturated heterocycles. The van der Waals surface area contributed by atoms with E-state index < -0.39 is 0 Å². The highest BCUT2D eigenvalue weighted by molar-refractivity contribution is 6.23. The van der Waals surface area contributed by atoms with Gasteiger partial charge in [-0.3, -0.25) is 24.0 Å². The second kappa shape index (κ2) is 9.74. The number of rotatable bonds is 8. The lowest BCUT2D eigenvalue weighted by Crippen LogP contribution is -2.44. The summed E-state index contributed by atoms with van der Waals surface area (Å²) in [5.74, 6) is -0.706. The summed E-state index contributed by atoms with van der Waals surface area (Å²) in [7, 11) is 3.48. The quantitative estimate of drug-likeness (QED) is 0.484. The van der Waals surface area contributed by atoms with Crippen LogP contribution in [0.15, 0.2) is 24.4 Å². The molecule has 1 unspecified atom stereocenters. The highest BCUT2D eigenvalue weighted by Crippen LogP contribution is 2.35. The number of aryl methyl sites for hydroxylation is 1. The molecule has 9 nitrogen and oxygen atoms in total. The number of fused-ring (bicyclic) bond motifs is 1. The van der Waals surface area contributed by atoms with Crippen molar-refractivity contribution in [1.29, 1.82) is 0 Å². The zero-order valence-corrected chi connectivity index (χ0v) is 19.5. The summed E-state index contributed by atoms with van der Waals surface area (Å²) in [5.41, 5.74) is 3.35. The summed E-state index contributed by atoms with van der Waals surface area (Å²) in [6.07, 6.45) is 4.12. The second-order valence-corrected chi connectivity index (χ2v) is 8.70. The third-order valence-corrected chi connectivity index (χ3v) is 6.60. The van der Waals surface area contributed by atoms with Gasteiger partial charge in [-0.25, -0.2) is 0 Å². The molecule has 176 valence electrons. The molecule has 2 aliphatic heterocycles. The molecule has 4 rings (SSSR count). The van der Waals surface area contributed by atoms with Gasteiger partial charge in [0.05, 0.1) is 35.5 Å². The summed E-state index contributed by atoms with van der Waals surface area (Å²) in [4.78, 5) is 42.5. The number of methoxy groups -OCH3 is 1. The lowest BCUT2D eigenvalue weighted by molar-refractivity contribution is -0.125. The highest BCUT2D eigenvalue weighted by atomic mass is 16.5. The molecule has 0 aliphatic carbocycles. The maximum Gasteiger partial charge on any atom is 0.263 e. The molecule has 3 heterocycles. The Bertz CT molecular complexity index is 1060. The van der Waals surface area contributed by atoms with Gasteiger partial charge in [-0.1, -0.05) is 6.07 Å². The van der Waals surface area contributed by atoms with E-state index >= 15 is 0 Å². The van der Waals surface area contributed by atoms with Crippen LogP contribution in [0, 0.1) is 12.8 Å². The van der Waals surface area contributed by atoms with Gasteiger partial charge in [0.25, 0.3) is 11.8 Å². The second-order valence-electron chi connectivity index (χ2n) is 8.70. The summed E-state index contributed by atoms with van der Waals surface area (Å²) >= 11 is 0. The van der Waals surface area contributed by atoms with Crippen LogP contribution in [0.25, 0.3) is 0 Å². The van der Waals surface area contributed by atoms with Crippen molar-refractivity contribution in [2.75, 3.05) is 38.3 Å². The lowest BCUT2D eigenvalue weighted by Gasteiger charge is -2.34. The number of carbonyl (C=O) groups excluding carboxylic acids is 3. The Kier molecular flexibility index (Phi) is 6.78. The molecule has 3 amide bonds. The van der Waals surface area contributed by atoms with Crippen LogP contribution in [0.1, 0.15) is 51.2 Å². The number of aromatic nitrogens is 2. The molecule has 9 heteroatoms. The Balaban J connectivity index is 1.51. The molecule has 2 aliphatic rings. The molecule has 1 atom stereocenters. The van der Waals surface area contributed by atoms with Crippen LogP contribution in [0.5, 0.6) is 0 Å². The van der Waals surface area contributed by atoms with Crippen molar-refractivity contribution in [3.05, 3.63) is 46.8 Å².